The molecule has 0 unspecified atom stereocenters. The molecule has 6 aromatic rings. The number of aromatic nitrogens is 4. The van der Waals surface area contributed by atoms with Crippen molar-refractivity contribution in [3.05, 3.63) is 130 Å². The summed E-state index contributed by atoms with van der Waals surface area (Å²) in [5.74, 6) is -2.74. The normalized spacial score (nSPS) is 11.0. The maximum atomic E-state index is 15.5. The number of nitriles is 1. The van der Waals surface area contributed by atoms with Gasteiger partial charge in [0.15, 0.2) is 0 Å². The van der Waals surface area contributed by atoms with Crippen molar-refractivity contribution in [2.24, 2.45) is 0 Å². The van der Waals surface area contributed by atoms with Gasteiger partial charge in [-0.15, -0.1) is 0 Å². The number of imidazole rings is 1. The molecule has 0 bridgehead atoms. The van der Waals surface area contributed by atoms with Crippen LogP contribution in [-0.2, 0) is 19.6 Å². The van der Waals surface area contributed by atoms with Gasteiger partial charge in [0.25, 0.3) is 0 Å². The molecule has 9 nitrogen and oxygen atoms in total. The molecule has 0 aliphatic heterocycles. The molecule has 0 saturated heterocycles. The lowest BCUT2D eigenvalue weighted by Crippen LogP contribution is -2.08. The average molecular weight is 596 g/mol. The molecule has 0 atom stereocenters. The van der Waals surface area contributed by atoms with Crippen LogP contribution in [0.1, 0.15) is 38.6 Å². The van der Waals surface area contributed by atoms with Gasteiger partial charge in [0.05, 0.1) is 40.5 Å². The van der Waals surface area contributed by atoms with E-state index in [4.69, 9.17) is 14.5 Å². The zero-order chi connectivity index (χ0) is 30.8. The Hall–Kier alpha value is -5.96. The molecule has 0 amide bonds. The van der Waals surface area contributed by atoms with Crippen molar-refractivity contribution < 1.29 is 32.3 Å². The molecule has 12 heteroatoms. The molecule has 3 aromatic carbocycles. The van der Waals surface area contributed by atoms with E-state index in [1.54, 1.807) is 22.8 Å². The summed E-state index contributed by atoms with van der Waals surface area (Å²) in [6.07, 6.45) is 1.29. The van der Waals surface area contributed by atoms with Crippen molar-refractivity contribution in [2.45, 2.75) is 19.6 Å². The molecule has 0 fully saturated rings. The second kappa shape index (κ2) is 11.7. The van der Waals surface area contributed by atoms with Gasteiger partial charge in [-0.2, -0.15) is 5.26 Å². The first kappa shape index (κ1) is 28.2. The molecular formula is C32H20F3N5O4. The molecule has 6 rings (SSSR count). The Morgan fingerprint density at radius 1 is 0.955 bits per heavy atom. The molecule has 1 N–H and O–H groups in total. The molecular weight excluding hydrogens is 575 g/mol. The van der Waals surface area contributed by atoms with E-state index < -0.39 is 23.4 Å². The summed E-state index contributed by atoms with van der Waals surface area (Å²) < 4.78 is 57.3. The van der Waals surface area contributed by atoms with Crippen LogP contribution in [0.3, 0.4) is 0 Å². The Labute approximate surface area is 247 Å². The van der Waals surface area contributed by atoms with Crippen molar-refractivity contribution in [3.8, 4) is 23.2 Å². The Balaban J connectivity index is 1.28. The van der Waals surface area contributed by atoms with Crippen molar-refractivity contribution in [1.82, 2.24) is 19.7 Å². The minimum absolute atomic E-state index is 0.0186. The number of benzene rings is 3. The number of halogens is 3. The monoisotopic (exact) mass is 595 g/mol. The number of fused-ring (bicyclic) bond motifs is 1. The number of carbonyl (C=O) groups is 1. The first-order chi connectivity index (χ1) is 21.3. The number of pyridine rings is 1. The van der Waals surface area contributed by atoms with Crippen LogP contribution in [0.4, 0.5) is 13.2 Å². The number of aromatic carboxylic acids is 1. The SMILES string of the molecule is N#Cc1ccc(COc2cccc(-c3cc(F)c(Cc4nc5ccc(C(=O)O)cc5n4Cc4ccon4)cc3F)n2)c(F)c1. The Morgan fingerprint density at radius 2 is 1.80 bits per heavy atom. The maximum Gasteiger partial charge on any atom is 0.335 e. The second-order valence-corrected chi connectivity index (χ2v) is 9.78. The lowest BCUT2D eigenvalue weighted by molar-refractivity contribution is 0.0697. The highest BCUT2D eigenvalue weighted by atomic mass is 19.1. The zero-order valence-electron chi connectivity index (χ0n) is 22.7. The fourth-order valence-electron chi connectivity index (χ4n) is 4.72. The number of carboxylic acid groups (broad SMARTS) is 1. The molecule has 44 heavy (non-hydrogen) atoms. The van der Waals surface area contributed by atoms with E-state index in [-0.39, 0.29) is 59.0 Å². The summed E-state index contributed by atoms with van der Waals surface area (Å²) in [6.45, 7) is -0.0241. The molecule has 3 heterocycles. The van der Waals surface area contributed by atoms with Crippen LogP contribution in [-0.4, -0.2) is 30.8 Å². The van der Waals surface area contributed by atoms with Crippen LogP contribution in [0.2, 0.25) is 0 Å². The van der Waals surface area contributed by atoms with E-state index in [9.17, 15) is 14.3 Å². The van der Waals surface area contributed by atoms with E-state index in [0.29, 0.717) is 22.6 Å². The smallest absolute Gasteiger partial charge is 0.335 e. The number of carboxylic acids is 1. The van der Waals surface area contributed by atoms with Crippen molar-refractivity contribution in [1.29, 1.82) is 5.26 Å². The summed E-state index contributed by atoms with van der Waals surface area (Å²) in [5.41, 5.74) is 1.93. The number of ether oxygens (including phenoxy) is 1. The Kier molecular flexibility index (Phi) is 7.51. The van der Waals surface area contributed by atoms with Gasteiger partial charge in [0.2, 0.25) is 5.88 Å². The Morgan fingerprint density at radius 3 is 2.55 bits per heavy atom. The van der Waals surface area contributed by atoms with Gasteiger partial charge in [-0.3, -0.25) is 0 Å². The largest absolute Gasteiger partial charge is 0.478 e. The van der Waals surface area contributed by atoms with E-state index in [1.807, 2.05) is 6.07 Å². The van der Waals surface area contributed by atoms with Gasteiger partial charge in [0, 0.05) is 29.7 Å². The van der Waals surface area contributed by atoms with Crippen molar-refractivity contribution >= 4 is 17.0 Å². The lowest BCUT2D eigenvalue weighted by Gasteiger charge is -2.11. The van der Waals surface area contributed by atoms with E-state index in [2.05, 4.69) is 15.1 Å². The molecule has 0 radical (unpaired) electrons. The topological polar surface area (TPSA) is 127 Å². The summed E-state index contributed by atoms with van der Waals surface area (Å²) >= 11 is 0. The maximum absolute atomic E-state index is 15.5. The summed E-state index contributed by atoms with van der Waals surface area (Å²) in [7, 11) is 0. The third-order valence-electron chi connectivity index (χ3n) is 6.93. The first-order valence-corrected chi connectivity index (χ1v) is 13.2. The van der Waals surface area contributed by atoms with Crippen LogP contribution in [0.15, 0.2) is 83.6 Å². The lowest BCUT2D eigenvalue weighted by atomic mass is 10.0. The van der Waals surface area contributed by atoms with Gasteiger partial charge in [-0.25, -0.2) is 27.9 Å². The van der Waals surface area contributed by atoms with Gasteiger partial charge < -0.3 is 18.9 Å². The van der Waals surface area contributed by atoms with Crippen LogP contribution in [0.25, 0.3) is 22.3 Å². The Bertz CT molecular complexity index is 2070. The van der Waals surface area contributed by atoms with Crippen molar-refractivity contribution in [2.75, 3.05) is 0 Å². The van der Waals surface area contributed by atoms with E-state index >= 15 is 8.78 Å². The average Bonchev–Trinajstić information content (AvgIpc) is 3.66. The molecule has 0 aliphatic carbocycles. The van der Waals surface area contributed by atoms with Crippen LogP contribution < -0.4 is 4.74 Å². The highest BCUT2D eigenvalue weighted by Crippen LogP contribution is 2.28. The fraction of sp³-hybridized carbons (Fsp3) is 0.0938. The van der Waals surface area contributed by atoms with Crippen LogP contribution >= 0.6 is 0 Å². The molecule has 3 aromatic heterocycles. The summed E-state index contributed by atoms with van der Waals surface area (Å²) in [6, 6.07) is 18.6. The number of hydrogen-bond donors (Lipinski definition) is 1. The predicted molar refractivity (Wildman–Crippen MR) is 150 cm³/mol. The standard InChI is InChI=1S/C32H20F3N5O4/c33-24-10-18(15-36)4-5-20(24)17-43-31-3-1-2-27(38-31)23-14-25(34)21(11-26(23)35)13-30-37-28-7-6-19(32(41)42)12-29(28)40(30)16-22-8-9-44-39-22/h1-12,14H,13,16-17H2,(H,41,42). The van der Waals surface area contributed by atoms with Crippen LogP contribution in [0, 0.1) is 28.8 Å². The fourth-order valence-corrected chi connectivity index (χ4v) is 4.72. The quantitative estimate of drug-likeness (QED) is 0.207. The molecule has 0 spiro atoms. The zero-order valence-corrected chi connectivity index (χ0v) is 22.7. The number of nitrogens with zero attached hydrogens (tertiary/aromatic N) is 5. The number of rotatable bonds is 9. The minimum atomic E-state index is -1.11. The van der Waals surface area contributed by atoms with E-state index in [0.717, 1.165) is 18.2 Å². The first-order valence-electron chi connectivity index (χ1n) is 13.2. The predicted octanol–water partition coefficient (Wildman–Crippen LogP) is 6.29. The van der Waals surface area contributed by atoms with Gasteiger partial charge in [0.1, 0.15) is 41.8 Å². The molecule has 0 saturated carbocycles. The highest BCUT2D eigenvalue weighted by molar-refractivity contribution is 5.92. The molecule has 218 valence electrons. The van der Waals surface area contributed by atoms with Gasteiger partial charge >= 0.3 is 5.97 Å². The third kappa shape index (κ3) is 5.71. The van der Waals surface area contributed by atoms with Crippen LogP contribution in [0.5, 0.6) is 5.88 Å². The van der Waals surface area contributed by atoms with Gasteiger partial charge in [-0.1, -0.05) is 17.3 Å². The third-order valence-corrected chi connectivity index (χ3v) is 6.93. The van der Waals surface area contributed by atoms with E-state index in [1.165, 1.54) is 42.7 Å². The number of hydrogen-bond acceptors (Lipinski definition) is 7. The highest BCUT2D eigenvalue weighted by Gasteiger charge is 2.19. The second-order valence-electron chi connectivity index (χ2n) is 9.78. The minimum Gasteiger partial charge on any atom is -0.478 e. The summed E-state index contributed by atoms with van der Waals surface area (Å²) in [5, 5.41) is 22.3. The summed E-state index contributed by atoms with van der Waals surface area (Å²) in [4.78, 5) is 20.4. The molecule has 0 aliphatic rings. The van der Waals surface area contributed by atoms with Crippen molar-refractivity contribution in [3.63, 3.8) is 0 Å². The van der Waals surface area contributed by atoms with Gasteiger partial charge in [-0.05, 0) is 54.1 Å².